The summed E-state index contributed by atoms with van der Waals surface area (Å²) in [6.07, 6.45) is 4.91. The number of hydrogen-bond acceptors (Lipinski definition) is 5. The molecule has 2 aromatic heterocycles. The first-order valence-corrected chi connectivity index (χ1v) is 7.98. The van der Waals surface area contributed by atoms with Gasteiger partial charge in [0, 0.05) is 5.02 Å². The Bertz CT molecular complexity index is 1020. The van der Waals surface area contributed by atoms with E-state index in [1.807, 2.05) is 54.6 Å². The second-order valence-corrected chi connectivity index (χ2v) is 5.71. The van der Waals surface area contributed by atoms with Crippen LogP contribution in [-0.4, -0.2) is 26.0 Å². The zero-order valence-electron chi connectivity index (χ0n) is 13.0. The quantitative estimate of drug-likeness (QED) is 0.448. The molecule has 6 nitrogen and oxygen atoms in total. The Hall–Kier alpha value is -3.25. The maximum atomic E-state index is 5.87. The topological polar surface area (TPSA) is 68.0 Å². The lowest BCUT2D eigenvalue weighted by atomic mass is 10.2. The molecule has 7 heteroatoms. The van der Waals surface area contributed by atoms with Crippen LogP contribution in [-0.2, 0) is 0 Å². The SMILES string of the molecule is Clc1ccc(/C=N/Nc2ncnc3c2cnn3-c2ccccc2)cc1. The van der Waals surface area contributed by atoms with E-state index in [-0.39, 0.29) is 0 Å². The average molecular weight is 349 g/mol. The zero-order valence-corrected chi connectivity index (χ0v) is 13.8. The molecule has 0 atom stereocenters. The molecule has 0 bridgehead atoms. The van der Waals surface area contributed by atoms with Crippen LogP contribution in [0.15, 0.2) is 72.2 Å². The Balaban J connectivity index is 1.62. The molecule has 0 unspecified atom stereocenters. The van der Waals surface area contributed by atoms with Crippen molar-refractivity contribution >= 4 is 34.7 Å². The lowest BCUT2D eigenvalue weighted by molar-refractivity contribution is 0.895. The Morgan fingerprint density at radius 3 is 2.60 bits per heavy atom. The third kappa shape index (κ3) is 3.20. The van der Waals surface area contributed by atoms with Crippen molar-refractivity contribution in [3.05, 3.63) is 77.7 Å². The third-order valence-corrected chi connectivity index (χ3v) is 3.87. The average Bonchev–Trinajstić information content (AvgIpc) is 3.09. The van der Waals surface area contributed by atoms with Crippen molar-refractivity contribution in [1.29, 1.82) is 0 Å². The molecule has 4 rings (SSSR count). The van der Waals surface area contributed by atoms with Crippen LogP contribution in [0.2, 0.25) is 5.02 Å². The first kappa shape index (κ1) is 15.3. The van der Waals surface area contributed by atoms with Crippen molar-refractivity contribution in [2.75, 3.05) is 5.43 Å². The number of nitrogens with one attached hydrogen (secondary N) is 1. The van der Waals surface area contributed by atoms with Gasteiger partial charge in [-0.15, -0.1) is 0 Å². The largest absolute Gasteiger partial charge is 0.261 e. The van der Waals surface area contributed by atoms with E-state index in [2.05, 4.69) is 25.6 Å². The van der Waals surface area contributed by atoms with Crippen molar-refractivity contribution in [2.24, 2.45) is 5.10 Å². The predicted octanol–water partition coefficient (Wildman–Crippen LogP) is 3.91. The minimum Gasteiger partial charge on any atom is -0.261 e. The summed E-state index contributed by atoms with van der Waals surface area (Å²) in [4.78, 5) is 8.59. The highest BCUT2D eigenvalue weighted by molar-refractivity contribution is 6.30. The van der Waals surface area contributed by atoms with E-state index in [0.717, 1.165) is 16.6 Å². The van der Waals surface area contributed by atoms with Crippen LogP contribution in [0.25, 0.3) is 16.7 Å². The number of aromatic nitrogens is 4. The fraction of sp³-hybridized carbons (Fsp3) is 0. The third-order valence-electron chi connectivity index (χ3n) is 3.62. The van der Waals surface area contributed by atoms with Crippen molar-refractivity contribution in [3.8, 4) is 5.69 Å². The Morgan fingerprint density at radius 2 is 1.80 bits per heavy atom. The van der Waals surface area contributed by atoms with E-state index in [1.165, 1.54) is 6.33 Å². The molecule has 1 N–H and O–H groups in total. The molecule has 0 fully saturated rings. The summed E-state index contributed by atoms with van der Waals surface area (Å²) in [5, 5.41) is 10.1. The fourth-order valence-corrected chi connectivity index (χ4v) is 2.53. The molecule has 25 heavy (non-hydrogen) atoms. The second kappa shape index (κ2) is 6.70. The van der Waals surface area contributed by atoms with Gasteiger partial charge in [0.25, 0.3) is 0 Å². The lowest BCUT2D eigenvalue weighted by Crippen LogP contribution is -1.99. The number of fused-ring (bicyclic) bond motifs is 1. The van der Waals surface area contributed by atoms with E-state index >= 15 is 0 Å². The minimum absolute atomic E-state index is 0.595. The molecule has 0 aliphatic rings. The van der Waals surface area contributed by atoms with Gasteiger partial charge in [0.05, 0.1) is 23.5 Å². The van der Waals surface area contributed by atoms with E-state index in [4.69, 9.17) is 11.6 Å². The number of anilines is 1. The molecule has 2 aromatic carbocycles. The number of rotatable bonds is 4. The van der Waals surface area contributed by atoms with E-state index in [1.54, 1.807) is 17.1 Å². The lowest BCUT2D eigenvalue weighted by Gasteiger charge is -2.03. The standard InChI is InChI=1S/C18H13ClN6/c19-14-8-6-13(7-9-14)10-22-24-17-16-11-23-25(18(16)21-12-20-17)15-4-2-1-3-5-15/h1-12H,(H,20,21,24)/b22-10+. The number of hydrazone groups is 1. The number of benzene rings is 2. The van der Waals surface area contributed by atoms with Gasteiger partial charge in [-0.05, 0) is 29.8 Å². The highest BCUT2D eigenvalue weighted by Crippen LogP contribution is 2.21. The van der Waals surface area contributed by atoms with Crippen LogP contribution in [0, 0.1) is 0 Å². The van der Waals surface area contributed by atoms with Crippen LogP contribution in [0.1, 0.15) is 5.56 Å². The maximum absolute atomic E-state index is 5.87. The molecular formula is C18H13ClN6. The normalized spacial score (nSPS) is 11.2. The van der Waals surface area contributed by atoms with Gasteiger partial charge >= 0.3 is 0 Å². The Kier molecular flexibility index (Phi) is 4.10. The molecule has 122 valence electrons. The molecule has 0 saturated heterocycles. The van der Waals surface area contributed by atoms with Crippen LogP contribution in [0.4, 0.5) is 5.82 Å². The van der Waals surface area contributed by atoms with Crippen LogP contribution in [0.5, 0.6) is 0 Å². The first-order chi connectivity index (χ1) is 12.3. The summed E-state index contributed by atoms with van der Waals surface area (Å²) in [6, 6.07) is 17.2. The molecule has 0 saturated carbocycles. The Morgan fingerprint density at radius 1 is 1.00 bits per heavy atom. The molecule has 0 amide bonds. The Labute approximate surface area is 148 Å². The molecule has 0 spiro atoms. The molecule has 4 aromatic rings. The van der Waals surface area contributed by atoms with Crippen LogP contribution in [0.3, 0.4) is 0 Å². The monoisotopic (exact) mass is 348 g/mol. The summed E-state index contributed by atoms with van der Waals surface area (Å²) < 4.78 is 1.77. The van der Waals surface area contributed by atoms with Crippen LogP contribution < -0.4 is 5.43 Å². The fourth-order valence-electron chi connectivity index (χ4n) is 2.41. The van der Waals surface area contributed by atoms with Gasteiger partial charge in [-0.25, -0.2) is 14.6 Å². The molecule has 0 aliphatic carbocycles. The zero-order chi connectivity index (χ0) is 17.1. The molecule has 2 heterocycles. The smallest absolute Gasteiger partial charge is 0.168 e. The van der Waals surface area contributed by atoms with Gasteiger partial charge < -0.3 is 0 Å². The molecule has 0 aliphatic heterocycles. The maximum Gasteiger partial charge on any atom is 0.168 e. The number of para-hydroxylation sites is 1. The number of hydrogen-bond donors (Lipinski definition) is 1. The number of nitrogens with zero attached hydrogens (tertiary/aromatic N) is 5. The summed E-state index contributed by atoms with van der Waals surface area (Å²) in [6.45, 7) is 0. The minimum atomic E-state index is 0.595. The van der Waals surface area contributed by atoms with E-state index in [9.17, 15) is 0 Å². The summed E-state index contributed by atoms with van der Waals surface area (Å²) in [5.41, 5.74) is 5.53. The summed E-state index contributed by atoms with van der Waals surface area (Å²) in [5.74, 6) is 0.595. The molecular weight excluding hydrogens is 336 g/mol. The van der Waals surface area contributed by atoms with Crippen molar-refractivity contribution in [2.45, 2.75) is 0 Å². The van der Waals surface area contributed by atoms with Crippen molar-refractivity contribution in [3.63, 3.8) is 0 Å². The van der Waals surface area contributed by atoms with E-state index < -0.39 is 0 Å². The van der Waals surface area contributed by atoms with Gasteiger partial charge in [-0.3, -0.25) is 5.43 Å². The predicted molar refractivity (Wildman–Crippen MR) is 99.3 cm³/mol. The highest BCUT2D eigenvalue weighted by atomic mass is 35.5. The summed E-state index contributed by atoms with van der Waals surface area (Å²) in [7, 11) is 0. The van der Waals surface area contributed by atoms with Crippen LogP contribution >= 0.6 is 11.6 Å². The van der Waals surface area contributed by atoms with Gasteiger partial charge in [-0.2, -0.15) is 10.2 Å². The van der Waals surface area contributed by atoms with Gasteiger partial charge in [0.2, 0.25) is 0 Å². The van der Waals surface area contributed by atoms with E-state index in [0.29, 0.717) is 16.5 Å². The molecule has 0 radical (unpaired) electrons. The van der Waals surface area contributed by atoms with Gasteiger partial charge in [0.15, 0.2) is 11.5 Å². The van der Waals surface area contributed by atoms with Crippen molar-refractivity contribution in [1.82, 2.24) is 19.7 Å². The van der Waals surface area contributed by atoms with Crippen molar-refractivity contribution < 1.29 is 0 Å². The second-order valence-electron chi connectivity index (χ2n) is 5.27. The first-order valence-electron chi connectivity index (χ1n) is 7.60. The number of halogens is 1. The van der Waals surface area contributed by atoms with Gasteiger partial charge in [-0.1, -0.05) is 41.9 Å². The van der Waals surface area contributed by atoms with Gasteiger partial charge in [0.1, 0.15) is 6.33 Å². The summed E-state index contributed by atoms with van der Waals surface area (Å²) >= 11 is 5.87. The highest BCUT2D eigenvalue weighted by Gasteiger charge is 2.10.